The lowest BCUT2D eigenvalue weighted by molar-refractivity contribution is -0.122. The largest absolute Gasteiger partial charge is 0.494 e. The number of barbiturate groups is 1. The topological polar surface area (TPSA) is 94.2 Å². The summed E-state index contributed by atoms with van der Waals surface area (Å²) in [6.07, 6.45) is 8.36. The van der Waals surface area contributed by atoms with Gasteiger partial charge in [0.1, 0.15) is 11.3 Å². The van der Waals surface area contributed by atoms with E-state index in [1.807, 2.05) is 6.92 Å². The lowest BCUT2D eigenvalue weighted by atomic mass is 10.1. The maximum Gasteiger partial charge on any atom is 0.335 e. The molecule has 0 spiro atoms. The van der Waals surface area contributed by atoms with E-state index in [0.29, 0.717) is 46.2 Å². The van der Waals surface area contributed by atoms with Crippen molar-refractivity contribution in [1.29, 1.82) is 0 Å². The van der Waals surface area contributed by atoms with Crippen molar-refractivity contribution in [2.24, 2.45) is 0 Å². The first kappa shape index (κ1) is 28.2. The number of rotatable bonds is 13. The molecule has 0 radical (unpaired) electrons. The van der Waals surface area contributed by atoms with Gasteiger partial charge in [0.15, 0.2) is 11.5 Å². The molecular formula is C28H33BrN2O6. The molecule has 0 aromatic heterocycles. The zero-order valence-corrected chi connectivity index (χ0v) is 23.1. The summed E-state index contributed by atoms with van der Waals surface area (Å²) in [5.41, 5.74) is 0.680. The third-order valence-electron chi connectivity index (χ3n) is 5.81. The number of hydrogen-bond acceptors (Lipinski definition) is 6. The maximum atomic E-state index is 13.2. The number of amides is 4. The first-order valence-electron chi connectivity index (χ1n) is 12.5. The Morgan fingerprint density at radius 2 is 1.65 bits per heavy atom. The highest BCUT2D eigenvalue weighted by Crippen LogP contribution is 2.38. The van der Waals surface area contributed by atoms with Crippen molar-refractivity contribution >= 4 is 45.5 Å². The number of carbonyl (C=O) groups excluding carboxylic acids is 3. The average molecular weight is 573 g/mol. The van der Waals surface area contributed by atoms with Gasteiger partial charge < -0.3 is 14.2 Å². The van der Waals surface area contributed by atoms with Crippen molar-refractivity contribution in [2.45, 2.75) is 52.4 Å². The number of ether oxygens (including phenoxy) is 3. The van der Waals surface area contributed by atoms with E-state index in [1.54, 1.807) is 36.4 Å². The van der Waals surface area contributed by atoms with Crippen LogP contribution in [0.4, 0.5) is 10.5 Å². The second-order valence-corrected chi connectivity index (χ2v) is 9.39. The fourth-order valence-electron chi connectivity index (χ4n) is 3.94. The quantitative estimate of drug-likeness (QED) is 0.173. The third-order valence-corrected chi connectivity index (χ3v) is 6.40. The lowest BCUT2D eigenvalue weighted by Crippen LogP contribution is -2.54. The van der Waals surface area contributed by atoms with Crippen LogP contribution in [-0.4, -0.2) is 38.2 Å². The number of halogens is 1. The summed E-state index contributed by atoms with van der Waals surface area (Å²) in [4.78, 5) is 39.2. The van der Waals surface area contributed by atoms with Crippen LogP contribution in [0, 0.1) is 0 Å². The average Bonchev–Trinajstić information content (AvgIpc) is 2.87. The summed E-state index contributed by atoms with van der Waals surface area (Å²) >= 11 is 3.52. The Morgan fingerprint density at radius 3 is 2.32 bits per heavy atom. The van der Waals surface area contributed by atoms with E-state index < -0.39 is 17.8 Å². The zero-order chi connectivity index (χ0) is 26.8. The first-order valence-corrected chi connectivity index (χ1v) is 13.3. The fourth-order valence-corrected chi connectivity index (χ4v) is 4.51. The van der Waals surface area contributed by atoms with Gasteiger partial charge in [-0.15, -0.1) is 0 Å². The molecule has 37 heavy (non-hydrogen) atoms. The minimum absolute atomic E-state index is 0.178. The van der Waals surface area contributed by atoms with Crippen LogP contribution in [0.15, 0.2) is 46.4 Å². The van der Waals surface area contributed by atoms with Gasteiger partial charge in [-0.05, 0) is 77.3 Å². The molecule has 1 N–H and O–H groups in total. The van der Waals surface area contributed by atoms with Crippen LogP contribution in [0.3, 0.4) is 0 Å². The second-order valence-electron chi connectivity index (χ2n) is 8.54. The molecule has 0 bridgehead atoms. The number of hydrogen-bond donors (Lipinski definition) is 1. The fraction of sp³-hybridized carbons (Fsp3) is 0.393. The van der Waals surface area contributed by atoms with E-state index in [2.05, 4.69) is 28.2 Å². The van der Waals surface area contributed by atoms with Crippen LogP contribution in [-0.2, 0) is 9.59 Å². The molecule has 2 aromatic rings. The van der Waals surface area contributed by atoms with Gasteiger partial charge in [-0.2, -0.15) is 0 Å². The van der Waals surface area contributed by atoms with Crippen molar-refractivity contribution in [3.63, 3.8) is 0 Å². The molecule has 8 nitrogen and oxygen atoms in total. The number of anilines is 1. The Bertz CT molecular complexity index is 1150. The number of nitrogens with one attached hydrogen (secondary N) is 1. The van der Waals surface area contributed by atoms with Gasteiger partial charge in [0.05, 0.1) is 30.5 Å². The molecule has 0 unspecified atom stereocenters. The summed E-state index contributed by atoms with van der Waals surface area (Å²) in [6.45, 7) is 5.10. The summed E-state index contributed by atoms with van der Waals surface area (Å²) in [5, 5.41) is 2.24. The smallest absolute Gasteiger partial charge is 0.335 e. The Hall–Kier alpha value is -3.33. The normalized spacial score (nSPS) is 14.6. The number of carbonyl (C=O) groups is 3. The van der Waals surface area contributed by atoms with Crippen molar-refractivity contribution in [3.05, 3.63) is 52.0 Å². The van der Waals surface area contributed by atoms with Gasteiger partial charge in [-0.1, -0.05) is 39.0 Å². The molecule has 3 rings (SSSR count). The summed E-state index contributed by atoms with van der Waals surface area (Å²) in [7, 11) is 1.53. The number of methoxy groups -OCH3 is 1. The number of urea groups is 1. The minimum atomic E-state index is -0.812. The van der Waals surface area contributed by atoms with Crippen LogP contribution >= 0.6 is 15.9 Å². The highest BCUT2D eigenvalue weighted by atomic mass is 79.9. The number of nitrogens with zero attached hydrogens (tertiary/aromatic N) is 1. The molecule has 1 aliphatic rings. The molecule has 2 aromatic carbocycles. The summed E-state index contributed by atoms with van der Waals surface area (Å²) in [5.74, 6) is 0.143. The summed E-state index contributed by atoms with van der Waals surface area (Å²) < 4.78 is 17.5. The molecule has 0 atom stereocenters. The van der Waals surface area contributed by atoms with Crippen LogP contribution in [0.2, 0.25) is 0 Å². The van der Waals surface area contributed by atoms with Crippen molar-refractivity contribution < 1.29 is 28.6 Å². The van der Waals surface area contributed by atoms with E-state index in [4.69, 9.17) is 14.2 Å². The van der Waals surface area contributed by atoms with Crippen molar-refractivity contribution in [3.8, 4) is 17.2 Å². The van der Waals surface area contributed by atoms with E-state index in [-0.39, 0.29) is 5.57 Å². The van der Waals surface area contributed by atoms with E-state index in [1.165, 1.54) is 38.9 Å². The molecule has 1 heterocycles. The minimum Gasteiger partial charge on any atom is -0.494 e. The molecule has 1 fully saturated rings. The third kappa shape index (κ3) is 7.35. The number of imide groups is 2. The van der Waals surface area contributed by atoms with Crippen LogP contribution < -0.4 is 24.4 Å². The van der Waals surface area contributed by atoms with Gasteiger partial charge in [0.2, 0.25) is 0 Å². The monoisotopic (exact) mass is 572 g/mol. The van der Waals surface area contributed by atoms with Crippen molar-refractivity contribution in [2.75, 3.05) is 25.2 Å². The van der Waals surface area contributed by atoms with Gasteiger partial charge in [0, 0.05) is 0 Å². The molecule has 1 aliphatic heterocycles. The van der Waals surface area contributed by atoms with E-state index >= 15 is 0 Å². The Kier molecular flexibility index (Phi) is 10.6. The predicted molar refractivity (Wildman–Crippen MR) is 146 cm³/mol. The van der Waals surface area contributed by atoms with Crippen LogP contribution in [0.1, 0.15) is 57.9 Å². The predicted octanol–water partition coefficient (Wildman–Crippen LogP) is 6.26. The van der Waals surface area contributed by atoms with E-state index in [0.717, 1.165) is 17.7 Å². The Balaban J connectivity index is 1.78. The summed E-state index contributed by atoms with van der Waals surface area (Å²) in [6, 6.07) is 9.11. The lowest BCUT2D eigenvalue weighted by Gasteiger charge is -2.26. The van der Waals surface area contributed by atoms with Gasteiger partial charge >= 0.3 is 6.03 Å². The highest BCUT2D eigenvalue weighted by Gasteiger charge is 2.36. The molecule has 198 valence electrons. The highest BCUT2D eigenvalue weighted by molar-refractivity contribution is 9.10. The Morgan fingerprint density at radius 1 is 0.946 bits per heavy atom. The van der Waals surface area contributed by atoms with E-state index in [9.17, 15) is 14.4 Å². The molecule has 0 saturated carbocycles. The second kappa shape index (κ2) is 13.8. The number of benzene rings is 2. The Labute approximate surface area is 226 Å². The molecular weight excluding hydrogens is 540 g/mol. The van der Waals surface area contributed by atoms with Crippen LogP contribution in [0.25, 0.3) is 6.08 Å². The molecule has 4 amide bonds. The van der Waals surface area contributed by atoms with Gasteiger partial charge in [0.25, 0.3) is 11.8 Å². The molecule has 1 saturated heterocycles. The zero-order valence-electron chi connectivity index (χ0n) is 21.5. The maximum absolute atomic E-state index is 13.2. The SMILES string of the molecule is CCCCCCCCOc1c(Br)cc(/C=C2\C(=O)NC(=O)N(c3ccc(OCC)cc3)C2=O)cc1OC. The van der Waals surface area contributed by atoms with Gasteiger partial charge in [-0.25, -0.2) is 9.69 Å². The van der Waals surface area contributed by atoms with Gasteiger partial charge in [-0.3, -0.25) is 14.9 Å². The first-order chi connectivity index (χ1) is 17.9. The van der Waals surface area contributed by atoms with Crippen LogP contribution in [0.5, 0.6) is 17.2 Å². The molecule has 0 aliphatic carbocycles. The number of unbranched alkanes of at least 4 members (excludes halogenated alkanes) is 5. The standard InChI is InChI=1S/C28H33BrN2O6/c1-4-6-7-8-9-10-15-37-25-23(29)17-19(18-24(25)35-3)16-22-26(32)30-28(34)31(27(22)33)20-11-13-21(14-12-20)36-5-2/h11-14,16-18H,4-10,15H2,1-3H3,(H,30,32,34)/b22-16+. The molecule has 9 heteroatoms. The van der Waals surface area contributed by atoms with Crippen molar-refractivity contribution in [1.82, 2.24) is 5.32 Å².